The average molecular weight is 265 g/mol. The van der Waals surface area contributed by atoms with Crippen molar-refractivity contribution in [2.75, 3.05) is 30.7 Å². The first-order valence-corrected chi connectivity index (χ1v) is 7.33. The van der Waals surface area contributed by atoms with Gasteiger partial charge < -0.3 is 16.0 Å². The Morgan fingerprint density at radius 1 is 1.47 bits per heavy atom. The first kappa shape index (κ1) is 14.2. The lowest BCUT2D eigenvalue weighted by Crippen LogP contribution is -2.29. The molecule has 0 spiro atoms. The van der Waals surface area contributed by atoms with E-state index in [9.17, 15) is 0 Å². The van der Waals surface area contributed by atoms with Crippen molar-refractivity contribution in [3.05, 3.63) is 5.69 Å². The first-order valence-electron chi connectivity index (χ1n) is 7.33. The molecule has 108 valence electrons. The SMILES string of the molecule is CCn1nc(C)c(N)c1NCC1CCN(C(C)C)C1. The zero-order valence-corrected chi connectivity index (χ0v) is 12.6. The third-order valence-corrected chi connectivity index (χ3v) is 4.08. The molecule has 1 fully saturated rings. The van der Waals surface area contributed by atoms with Gasteiger partial charge in [-0.1, -0.05) is 0 Å². The molecule has 19 heavy (non-hydrogen) atoms. The van der Waals surface area contributed by atoms with Crippen LogP contribution in [0.3, 0.4) is 0 Å². The number of hydrogen-bond donors (Lipinski definition) is 2. The summed E-state index contributed by atoms with van der Waals surface area (Å²) < 4.78 is 1.96. The predicted octanol–water partition coefficient (Wildman–Crippen LogP) is 1.94. The quantitative estimate of drug-likeness (QED) is 0.854. The summed E-state index contributed by atoms with van der Waals surface area (Å²) in [4.78, 5) is 2.54. The lowest BCUT2D eigenvalue weighted by Gasteiger charge is -2.20. The molecule has 1 aromatic heterocycles. The standard InChI is InChI=1S/C14H27N5/c1-5-19-14(13(15)11(4)17-19)16-8-12-6-7-18(9-12)10(2)3/h10,12,16H,5-9,15H2,1-4H3. The molecule has 2 heterocycles. The molecule has 0 aliphatic carbocycles. The molecule has 1 saturated heterocycles. The van der Waals surface area contributed by atoms with Crippen molar-refractivity contribution in [1.29, 1.82) is 0 Å². The molecule has 5 heteroatoms. The van der Waals surface area contributed by atoms with Crippen LogP contribution in [0.4, 0.5) is 11.5 Å². The summed E-state index contributed by atoms with van der Waals surface area (Å²) in [7, 11) is 0. The highest BCUT2D eigenvalue weighted by Gasteiger charge is 2.24. The van der Waals surface area contributed by atoms with Gasteiger partial charge in [0.05, 0.1) is 11.4 Å². The number of likely N-dealkylation sites (tertiary alicyclic amines) is 1. The number of anilines is 2. The Labute approximate surface area is 116 Å². The summed E-state index contributed by atoms with van der Waals surface area (Å²) in [5, 5.41) is 7.94. The van der Waals surface area contributed by atoms with E-state index in [-0.39, 0.29) is 0 Å². The van der Waals surface area contributed by atoms with Gasteiger partial charge in [0.25, 0.3) is 0 Å². The van der Waals surface area contributed by atoms with Crippen molar-refractivity contribution in [1.82, 2.24) is 14.7 Å². The number of aryl methyl sites for hydroxylation is 2. The zero-order chi connectivity index (χ0) is 14.0. The lowest BCUT2D eigenvalue weighted by molar-refractivity contribution is 0.266. The Morgan fingerprint density at radius 2 is 2.21 bits per heavy atom. The largest absolute Gasteiger partial charge is 0.394 e. The highest BCUT2D eigenvalue weighted by atomic mass is 15.3. The number of nitrogen functional groups attached to an aromatic ring is 1. The topological polar surface area (TPSA) is 59.1 Å². The number of hydrogen-bond acceptors (Lipinski definition) is 4. The first-order chi connectivity index (χ1) is 9.02. The van der Waals surface area contributed by atoms with E-state index >= 15 is 0 Å². The van der Waals surface area contributed by atoms with Crippen molar-refractivity contribution in [3.8, 4) is 0 Å². The fourth-order valence-corrected chi connectivity index (χ4v) is 2.75. The molecule has 0 aromatic carbocycles. The van der Waals surface area contributed by atoms with Crippen molar-refractivity contribution in [2.24, 2.45) is 5.92 Å². The summed E-state index contributed by atoms with van der Waals surface area (Å²) in [5.74, 6) is 1.70. The molecule has 3 N–H and O–H groups in total. The van der Waals surface area contributed by atoms with E-state index in [4.69, 9.17) is 5.73 Å². The number of nitrogens with zero attached hydrogens (tertiary/aromatic N) is 3. The van der Waals surface area contributed by atoms with Crippen LogP contribution >= 0.6 is 0 Å². The fraction of sp³-hybridized carbons (Fsp3) is 0.786. The molecule has 1 unspecified atom stereocenters. The minimum absolute atomic E-state index is 0.651. The fourth-order valence-electron chi connectivity index (χ4n) is 2.75. The van der Waals surface area contributed by atoms with Crippen LogP contribution in [0.2, 0.25) is 0 Å². The summed E-state index contributed by atoms with van der Waals surface area (Å²) in [6, 6.07) is 0.651. The van der Waals surface area contributed by atoms with Crippen LogP contribution in [-0.4, -0.2) is 40.4 Å². The molecule has 1 atom stereocenters. The van der Waals surface area contributed by atoms with Crippen LogP contribution in [0.5, 0.6) is 0 Å². The minimum Gasteiger partial charge on any atom is -0.394 e. The van der Waals surface area contributed by atoms with Crippen molar-refractivity contribution < 1.29 is 0 Å². The number of nitrogens with one attached hydrogen (secondary N) is 1. The molecule has 1 aliphatic heterocycles. The Morgan fingerprint density at radius 3 is 2.79 bits per heavy atom. The van der Waals surface area contributed by atoms with Gasteiger partial charge in [0.15, 0.2) is 0 Å². The lowest BCUT2D eigenvalue weighted by atomic mass is 10.1. The highest BCUT2D eigenvalue weighted by Crippen LogP contribution is 2.24. The average Bonchev–Trinajstić information content (AvgIpc) is 2.94. The molecule has 5 nitrogen and oxygen atoms in total. The second kappa shape index (κ2) is 5.82. The smallest absolute Gasteiger partial charge is 0.148 e. The van der Waals surface area contributed by atoms with Gasteiger partial charge in [-0.15, -0.1) is 0 Å². The van der Waals surface area contributed by atoms with Crippen molar-refractivity contribution >= 4 is 11.5 Å². The second-order valence-corrected chi connectivity index (χ2v) is 5.79. The van der Waals surface area contributed by atoms with Crippen LogP contribution in [-0.2, 0) is 6.54 Å². The van der Waals surface area contributed by atoms with E-state index in [1.807, 2.05) is 11.6 Å². The molecule has 0 radical (unpaired) electrons. The second-order valence-electron chi connectivity index (χ2n) is 5.79. The van der Waals surface area contributed by atoms with E-state index in [0.717, 1.165) is 30.3 Å². The van der Waals surface area contributed by atoms with Crippen LogP contribution in [0.15, 0.2) is 0 Å². The van der Waals surface area contributed by atoms with Crippen molar-refractivity contribution in [3.63, 3.8) is 0 Å². The molecule has 0 saturated carbocycles. The van der Waals surface area contributed by atoms with Crippen LogP contribution in [0.1, 0.15) is 32.9 Å². The van der Waals surface area contributed by atoms with Gasteiger partial charge in [-0.2, -0.15) is 5.10 Å². The zero-order valence-electron chi connectivity index (χ0n) is 12.6. The third-order valence-electron chi connectivity index (χ3n) is 4.08. The van der Waals surface area contributed by atoms with E-state index in [1.165, 1.54) is 19.5 Å². The van der Waals surface area contributed by atoms with Gasteiger partial charge in [0.1, 0.15) is 5.82 Å². The van der Waals surface area contributed by atoms with Crippen LogP contribution < -0.4 is 11.1 Å². The summed E-state index contributed by atoms with van der Waals surface area (Å²) >= 11 is 0. The predicted molar refractivity (Wildman–Crippen MR) is 80.4 cm³/mol. The van der Waals surface area contributed by atoms with Crippen LogP contribution in [0.25, 0.3) is 0 Å². The Kier molecular flexibility index (Phi) is 4.34. The number of nitrogens with two attached hydrogens (primary N) is 1. The Hall–Kier alpha value is -1.23. The number of rotatable bonds is 5. The molecule has 2 rings (SSSR count). The van der Waals surface area contributed by atoms with Crippen molar-refractivity contribution in [2.45, 2.75) is 46.7 Å². The maximum atomic E-state index is 6.08. The maximum Gasteiger partial charge on any atom is 0.148 e. The van der Waals surface area contributed by atoms with E-state index in [0.29, 0.717) is 12.0 Å². The summed E-state index contributed by atoms with van der Waals surface area (Å²) in [6.45, 7) is 12.8. The van der Waals surface area contributed by atoms with Gasteiger partial charge in [0, 0.05) is 25.7 Å². The molecular formula is C14H27N5. The maximum absolute atomic E-state index is 6.08. The van der Waals surface area contributed by atoms with Gasteiger partial charge >= 0.3 is 0 Å². The Balaban J connectivity index is 1.93. The van der Waals surface area contributed by atoms with Gasteiger partial charge in [-0.3, -0.25) is 0 Å². The molecule has 1 aromatic rings. The monoisotopic (exact) mass is 265 g/mol. The van der Waals surface area contributed by atoms with E-state index in [1.54, 1.807) is 0 Å². The molecule has 0 bridgehead atoms. The molecule has 1 aliphatic rings. The third kappa shape index (κ3) is 3.03. The van der Waals surface area contributed by atoms with Crippen LogP contribution in [0, 0.1) is 12.8 Å². The summed E-state index contributed by atoms with van der Waals surface area (Å²) in [6.07, 6.45) is 1.27. The van der Waals surface area contributed by atoms with Gasteiger partial charge in [-0.05, 0) is 46.6 Å². The van der Waals surface area contributed by atoms with Gasteiger partial charge in [-0.25, -0.2) is 4.68 Å². The van der Waals surface area contributed by atoms with E-state index in [2.05, 4.69) is 36.1 Å². The van der Waals surface area contributed by atoms with Gasteiger partial charge in [0.2, 0.25) is 0 Å². The summed E-state index contributed by atoms with van der Waals surface area (Å²) in [5.41, 5.74) is 7.79. The molecule has 0 amide bonds. The minimum atomic E-state index is 0.651. The molecular weight excluding hydrogens is 238 g/mol. The highest BCUT2D eigenvalue weighted by molar-refractivity contribution is 5.64. The van der Waals surface area contributed by atoms with E-state index < -0.39 is 0 Å². The Bertz CT molecular complexity index is 424. The number of aromatic nitrogens is 2. The normalized spacial score (nSPS) is 20.4.